The molecule has 1 fully saturated rings. The minimum absolute atomic E-state index is 0.418. The van der Waals surface area contributed by atoms with E-state index in [1.54, 1.807) is 0 Å². The molecule has 3 heteroatoms. The predicted octanol–water partition coefficient (Wildman–Crippen LogP) is 3.09. The molecule has 2 unspecified atom stereocenters. The van der Waals surface area contributed by atoms with Gasteiger partial charge in [-0.3, -0.25) is 0 Å². The van der Waals surface area contributed by atoms with Crippen LogP contribution in [0.1, 0.15) is 43.4 Å². The van der Waals surface area contributed by atoms with Crippen molar-refractivity contribution >= 4 is 0 Å². The van der Waals surface area contributed by atoms with E-state index in [1.807, 2.05) is 0 Å². The highest BCUT2D eigenvalue weighted by Crippen LogP contribution is 2.33. The fraction of sp³-hybridized carbons (Fsp3) is 0.647. The number of benzene rings is 1. The summed E-state index contributed by atoms with van der Waals surface area (Å²) in [5.41, 5.74) is 2.76. The monoisotopic (exact) mass is 275 g/mol. The lowest BCUT2D eigenvalue weighted by atomic mass is 9.87. The maximum atomic E-state index is 5.69. The standard InChI is InChI=1S/C17H25NO2/c1-2-8-18-17(15-4-3-9-19-12-15)14-5-6-16-13(11-14)7-10-20-16/h5-6,11,15,17-18H,2-4,7-10,12H2,1H3. The predicted molar refractivity (Wildman–Crippen MR) is 80.2 cm³/mol. The van der Waals surface area contributed by atoms with Crippen LogP contribution in [0.15, 0.2) is 18.2 Å². The molecule has 0 amide bonds. The average Bonchev–Trinajstić information content (AvgIpc) is 2.96. The molecular weight excluding hydrogens is 250 g/mol. The van der Waals surface area contributed by atoms with E-state index in [4.69, 9.17) is 9.47 Å². The Balaban J connectivity index is 1.80. The van der Waals surface area contributed by atoms with E-state index in [0.717, 1.165) is 45.0 Å². The van der Waals surface area contributed by atoms with Crippen LogP contribution in [0.2, 0.25) is 0 Å². The molecule has 2 atom stereocenters. The van der Waals surface area contributed by atoms with Crippen molar-refractivity contribution in [2.45, 2.75) is 38.6 Å². The second-order valence-electron chi connectivity index (χ2n) is 5.87. The maximum Gasteiger partial charge on any atom is 0.122 e. The number of hydrogen-bond donors (Lipinski definition) is 1. The molecule has 0 aromatic heterocycles. The Morgan fingerprint density at radius 3 is 3.10 bits per heavy atom. The van der Waals surface area contributed by atoms with E-state index in [0.29, 0.717) is 12.0 Å². The summed E-state index contributed by atoms with van der Waals surface area (Å²) in [6.45, 7) is 5.93. The zero-order valence-corrected chi connectivity index (χ0v) is 12.4. The summed E-state index contributed by atoms with van der Waals surface area (Å²) in [5.74, 6) is 1.67. The van der Waals surface area contributed by atoms with E-state index < -0.39 is 0 Å². The van der Waals surface area contributed by atoms with Crippen molar-refractivity contribution in [1.82, 2.24) is 5.32 Å². The highest BCUT2D eigenvalue weighted by molar-refractivity contribution is 5.41. The summed E-state index contributed by atoms with van der Waals surface area (Å²) in [6, 6.07) is 7.12. The van der Waals surface area contributed by atoms with Crippen LogP contribution in [-0.2, 0) is 11.2 Å². The third-order valence-electron chi connectivity index (χ3n) is 4.35. The molecule has 3 nitrogen and oxygen atoms in total. The molecule has 1 aromatic carbocycles. The average molecular weight is 275 g/mol. The first-order valence-electron chi connectivity index (χ1n) is 7.95. The fourth-order valence-electron chi connectivity index (χ4n) is 3.28. The van der Waals surface area contributed by atoms with Gasteiger partial charge in [0.2, 0.25) is 0 Å². The van der Waals surface area contributed by atoms with Crippen molar-refractivity contribution < 1.29 is 9.47 Å². The zero-order valence-electron chi connectivity index (χ0n) is 12.4. The number of fused-ring (bicyclic) bond motifs is 1. The van der Waals surface area contributed by atoms with Crippen LogP contribution in [-0.4, -0.2) is 26.4 Å². The van der Waals surface area contributed by atoms with Gasteiger partial charge in [0.05, 0.1) is 13.2 Å². The highest BCUT2D eigenvalue weighted by Gasteiger charge is 2.26. The van der Waals surface area contributed by atoms with Gasteiger partial charge in [-0.15, -0.1) is 0 Å². The Morgan fingerprint density at radius 2 is 2.30 bits per heavy atom. The molecule has 0 aliphatic carbocycles. The van der Waals surface area contributed by atoms with Gasteiger partial charge in [-0.25, -0.2) is 0 Å². The van der Waals surface area contributed by atoms with Gasteiger partial charge in [0.1, 0.15) is 5.75 Å². The first-order chi connectivity index (χ1) is 9.88. The lowest BCUT2D eigenvalue weighted by Gasteiger charge is -2.31. The van der Waals surface area contributed by atoms with E-state index in [-0.39, 0.29) is 0 Å². The molecule has 0 bridgehead atoms. The van der Waals surface area contributed by atoms with Crippen molar-refractivity contribution in [3.05, 3.63) is 29.3 Å². The van der Waals surface area contributed by atoms with Crippen LogP contribution in [0.4, 0.5) is 0 Å². The first kappa shape index (κ1) is 13.9. The number of ether oxygens (including phenoxy) is 2. The molecule has 2 heterocycles. The molecule has 110 valence electrons. The lowest BCUT2D eigenvalue weighted by Crippen LogP contribution is -2.33. The second kappa shape index (κ2) is 6.59. The number of hydrogen-bond acceptors (Lipinski definition) is 3. The smallest absolute Gasteiger partial charge is 0.122 e. The first-order valence-corrected chi connectivity index (χ1v) is 7.95. The Hall–Kier alpha value is -1.06. The summed E-state index contributed by atoms with van der Waals surface area (Å²) in [7, 11) is 0. The summed E-state index contributed by atoms with van der Waals surface area (Å²) in [4.78, 5) is 0. The Labute approximate surface area is 121 Å². The van der Waals surface area contributed by atoms with Crippen molar-refractivity contribution in [1.29, 1.82) is 0 Å². The third-order valence-corrected chi connectivity index (χ3v) is 4.35. The number of nitrogens with one attached hydrogen (secondary N) is 1. The van der Waals surface area contributed by atoms with E-state index in [9.17, 15) is 0 Å². The quantitative estimate of drug-likeness (QED) is 0.895. The minimum Gasteiger partial charge on any atom is -0.493 e. The molecule has 2 aliphatic heterocycles. The third kappa shape index (κ3) is 2.99. The Morgan fingerprint density at radius 1 is 1.35 bits per heavy atom. The Kier molecular flexibility index (Phi) is 4.58. The van der Waals surface area contributed by atoms with Crippen molar-refractivity contribution in [3.8, 4) is 5.75 Å². The van der Waals surface area contributed by atoms with E-state index in [2.05, 4.69) is 30.4 Å². The molecular formula is C17H25NO2. The normalized spacial score (nSPS) is 23.1. The van der Waals surface area contributed by atoms with Gasteiger partial charge in [-0.2, -0.15) is 0 Å². The summed E-state index contributed by atoms with van der Waals surface area (Å²) in [6.07, 6.45) is 4.65. The maximum absolute atomic E-state index is 5.69. The summed E-state index contributed by atoms with van der Waals surface area (Å²) >= 11 is 0. The molecule has 3 rings (SSSR count). The van der Waals surface area contributed by atoms with Crippen LogP contribution in [0.3, 0.4) is 0 Å². The topological polar surface area (TPSA) is 30.5 Å². The van der Waals surface area contributed by atoms with Gasteiger partial charge in [0, 0.05) is 25.0 Å². The molecule has 20 heavy (non-hydrogen) atoms. The summed E-state index contributed by atoms with van der Waals surface area (Å²) in [5, 5.41) is 3.73. The van der Waals surface area contributed by atoms with Gasteiger partial charge < -0.3 is 14.8 Å². The molecule has 1 N–H and O–H groups in total. The number of rotatable bonds is 5. The molecule has 0 spiro atoms. The molecule has 0 radical (unpaired) electrons. The van der Waals surface area contributed by atoms with Crippen LogP contribution in [0.25, 0.3) is 0 Å². The van der Waals surface area contributed by atoms with Crippen LogP contribution < -0.4 is 10.1 Å². The van der Waals surface area contributed by atoms with Crippen LogP contribution in [0.5, 0.6) is 5.75 Å². The van der Waals surface area contributed by atoms with Gasteiger partial charge in [-0.1, -0.05) is 19.1 Å². The van der Waals surface area contributed by atoms with Gasteiger partial charge in [0.15, 0.2) is 0 Å². The molecule has 2 aliphatic rings. The van der Waals surface area contributed by atoms with Crippen molar-refractivity contribution in [2.75, 3.05) is 26.4 Å². The fourth-order valence-corrected chi connectivity index (χ4v) is 3.28. The minimum atomic E-state index is 0.418. The molecule has 1 saturated heterocycles. The van der Waals surface area contributed by atoms with Crippen LogP contribution in [0, 0.1) is 5.92 Å². The Bertz CT molecular complexity index is 441. The lowest BCUT2D eigenvalue weighted by molar-refractivity contribution is 0.0390. The highest BCUT2D eigenvalue weighted by atomic mass is 16.5. The zero-order chi connectivity index (χ0) is 13.8. The molecule has 0 saturated carbocycles. The summed E-state index contributed by atoms with van der Waals surface area (Å²) < 4.78 is 11.3. The van der Waals surface area contributed by atoms with Crippen LogP contribution >= 0.6 is 0 Å². The van der Waals surface area contributed by atoms with Gasteiger partial charge in [0.25, 0.3) is 0 Å². The van der Waals surface area contributed by atoms with Crippen molar-refractivity contribution in [2.24, 2.45) is 5.92 Å². The van der Waals surface area contributed by atoms with E-state index in [1.165, 1.54) is 24.0 Å². The van der Waals surface area contributed by atoms with Gasteiger partial charge >= 0.3 is 0 Å². The van der Waals surface area contributed by atoms with E-state index >= 15 is 0 Å². The largest absolute Gasteiger partial charge is 0.493 e. The van der Waals surface area contributed by atoms with Crippen molar-refractivity contribution in [3.63, 3.8) is 0 Å². The second-order valence-corrected chi connectivity index (χ2v) is 5.87. The van der Waals surface area contributed by atoms with Gasteiger partial charge in [-0.05, 0) is 43.0 Å². The molecule has 1 aromatic rings. The SMILES string of the molecule is CCCNC(c1ccc2c(c1)CCO2)C1CCCOC1.